The Morgan fingerprint density at radius 1 is 1.16 bits per heavy atom. The van der Waals surface area contributed by atoms with Crippen LogP contribution in [0.2, 0.25) is 0 Å². The van der Waals surface area contributed by atoms with E-state index in [-0.39, 0.29) is 6.61 Å². The number of carbonyl (C=O) groups excluding carboxylic acids is 1. The maximum Gasteiger partial charge on any atom is 0.509 e. The first-order valence-electron chi connectivity index (χ1n) is 6.07. The number of rotatable bonds is 4. The van der Waals surface area contributed by atoms with Crippen LogP contribution in [0.3, 0.4) is 0 Å². The monoisotopic (exact) mass is 266 g/mol. The van der Waals surface area contributed by atoms with Crippen LogP contribution in [0.4, 0.5) is 4.79 Å². The zero-order valence-corrected chi connectivity index (χ0v) is 10.1. The van der Waals surface area contributed by atoms with E-state index in [4.69, 9.17) is 18.9 Å². The molecule has 0 spiro atoms. The molecule has 4 atom stereocenters. The Morgan fingerprint density at radius 2 is 1.89 bits per heavy atom. The zero-order valence-electron chi connectivity index (χ0n) is 10.1. The second-order valence-corrected chi connectivity index (χ2v) is 4.44. The van der Waals surface area contributed by atoms with Gasteiger partial charge in [0.25, 0.3) is 0 Å². The summed E-state index contributed by atoms with van der Waals surface area (Å²) in [4.78, 5) is 11.1. The SMILES string of the molecule is O=C1O[C@H]2[C@H](OCc3ccccc3)O[C@H](CO)[C@H]2O1. The third kappa shape index (κ3) is 2.42. The van der Waals surface area contributed by atoms with Gasteiger partial charge in [-0.1, -0.05) is 30.3 Å². The highest BCUT2D eigenvalue weighted by Crippen LogP contribution is 2.32. The summed E-state index contributed by atoms with van der Waals surface area (Å²) in [5.74, 6) is 0. The largest absolute Gasteiger partial charge is 0.509 e. The molecule has 2 heterocycles. The van der Waals surface area contributed by atoms with Crippen LogP contribution in [0.5, 0.6) is 0 Å². The van der Waals surface area contributed by atoms with Crippen molar-refractivity contribution in [3.8, 4) is 0 Å². The van der Waals surface area contributed by atoms with Gasteiger partial charge in [0.2, 0.25) is 0 Å². The van der Waals surface area contributed by atoms with Gasteiger partial charge in [-0.25, -0.2) is 4.79 Å². The molecule has 6 nitrogen and oxygen atoms in total. The van der Waals surface area contributed by atoms with Crippen LogP contribution in [0.25, 0.3) is 0 Å². The van der Waals surface area contributed by atoms with Crippen LogP contribution in [-0.2, 0) is 25.6 Å². The molecule has 2 aliphatic heterocycles. The van der Waals surface area contributed by atoms with Crippen molar-refractivity contribution >= 4 is 6.16 Å². The van der Waals surface area contributed by atoms with Crippen LogP contribution in [0.15, 0.2) is 30.3 Å². The van der Waals surface area contributed by atoms with Gasteiger partial charge in [-0.15, -0.1) is 0 Å². The van der Waals surface area contributed by atoms with Gasteiger partial charge in [-0.05, 0) is 5.56 Å². The van der Waals surface area contributed by atoms with Crippen molar-refractivity contribution in [1.29, 1.82) is 0 Å². The van der Waals surface area contributed by atoms with Crippen molar-refractivity contribution in [2.75, 3.05) is 6.61 Å². The number of ether oxygens (including phenoxy) is 4. The average molecular weight is 266 g/mol. The van der Waals surface area contributed by atoms with Gasteiger partial charge in [-0.2, -0.15) is 0 Å². The topological polar surface area (TPSA) is 74.2 Å². The molecule has 0 bridgehead atoms. The Hall–Kier alpha value is -1.63. The Kier molecular flexibility index (Phi) is 3.37. The fraction of sp³-hybridized carbons (Fsp3) is 0.462. The maximum absolute atomic E-state index is 11.1. The first kappa shape index (κ1) is 12.4. The molecule has 0 unspecified atom stereocenters. The predicted molar refractivity (Wildman–Crippen MR) is 62.1 cm³/mol. The first-order valence-corrected chi connectivity index (χ1v) is 6.07. The summed E-state index contributed by atoms with van der Waals surface area (Å²) < 4.78 is 21.0. The molecule has 3 rings (SSSR count). The van der Waals surface area contributed by atoms with E-state index in [2.05, 4.69) is 0 Å². The van der Waals surface area contributed by atoms with Gasteiger partial charge in [0.1, 0.15) is 6.10 Å². The summed E-state index contributed by atoms with van der Waals surface area (Å²) in [6, 6.07) is 9.58. The second-order valence-electron chi connectivity index (χ2n) is 4.44. The van der Waals surface area contributed by atoms with E-state index >= 15 is 0 Å². The summed E-state index contributed by atoms with van der Waals surface area (Å²) >= 11 is 0. The summed E-state index contributed by atoms with van der Waals surface area (Å²) in [6.45, 7) is 0.0907. The van der Waals surface area contributed by atoms with Crippen LogP contribution >= 0.6 is 0 Å². The molecular weight excluding hydrogens is 252 g/mol. The Morgan fingerprint density at radius 3 is 2.63 bits per heavy atom. The molecule has 0 aromatic heterocycles. The van der Waals surface area contributed by atoms with Crippen molar-refractivity contribution in [3.63, 3.8) is 0 Å². The van der Waals surface area contributed by atoms with Crippen molar-refractivity contribution < 1.29 is 28.8 Å². The molecule has 0 saturated carbocycles. The highest BCUT2D eigenvalue weighted by Gasteiger charge is 2.54. The van der Waals surface area contributed by atoms with Crippen molar-refractivity contribution in [3.05, 3.63) is 35.9 Å². The predicted octanol–water partition coefficient (Wildman–Crippen LogP) is 0.824. The van der Waals surface area contributed by atoms with E-state index in [9.17, 15) is 9.90 Å². The number of hydrogen-bond acceptors (Lipinski definition) is 6. The maximum atomic E-state index is 11.1. The first-order chi connectivity index (χ1) is 9.28. The minimum absolute atomic E-state index is 0.247. The Balaban J connectivity index is 1.63. The minimum Gasteiger partial charge on any atom is -0.424 e. The van der Waals surface area contributed by atoms with Crippen LogP contribution in [0, 0.1) is 0 Å². The van der Waals surface area contributed by atoms with E-state index in [0.29, 0.717) is 6.61 Å². The number of carbonyl (C=O) groups is 1. The van der Waals surface area contributed by atoms with Gasteiger partial charge in [0.05, 0.1) is 13.2 Å². The third-order valence-electron chi connectivity index (χ3n) is 3.17. The van der Waals surface area contributed by atoms with Gasteiger partial charge in [-0.3, -0.25) is 0 Å². The van der Waals surface area contributed by atoms with E-state index in [1.807, 2.05) is 30.3 Å². The number of fused-ring (bicyclic) bond motifs is 1. The second kappa shape index (κ2) is 5.16. The quantitative estimate of drug-likeness (QED) is 0.813. The molecule has 1 aromatic rings. The average Bonchev–Trinajstić information content (AvgIpc) is 2.95. The number of aliphatic hydroxyl groups is 1. The standard InChI is InChI=1S/C13H14O6/c14-6-9-10-11(19-13(15)18-10)12(17-9)16-7-8-4-2-1-3-5-8/h1-5,9-12,14H,6-7H2/t9-,10-,11-,12-/m1/s1. The smallest absolute Gasteiger partial charge is 0.424 e. The van der Waals surface area contributed by atoms with Crippen molar-refractivity contribution in [2.24, 2.45) is 0 Å². The normalized spacial score (nSPS) is 32.8. The summed E-state index contributed by atoms with van der Waals surface area (Å²) in [7, 11) is 0. The van der Waals surface area contributed by atoms with E-state index in [1.165, 1.54) is 0 Å². The van der Waals surface area contributed by atoms with Gasteiger partial charge in [0, 0.05) is 0 Å². The molecule has 0 amide bonds. The molecular formula is C13H14O6. The van der Waals surface area contributed by atoms with E-state index in [1.54, 1.807) is 0 Å². The van der Waals surface area contributed by atoms with E-state index < -0.39 is 30.8 Å². The highest BCUT2D eigenvalue weighted by atomic mass is 16.8. The molecule has 2 fully saturated rings. The molecule has 0 radical (unpaired) electrons. The highest BCUT2D eigenvalue weighted by molar-refractivity contribution is 5.63. The van der Waals surface area contributed by atoms with Crippen molar-refractivity contribution in [1.82, 2.24) is 0 Å². The van der Waals surface area contributed by atoms with Crippen LogP contribution in [0.1, 0.15) is 5.56 Å². The lowest BCUT2D eigenvalue weighted by molar-refractivity contribution is -0.178. The lowest BCUT2D eigenvalue weighted by atomic mass is 10.1. The Labute approximate surface area is 109 Å². The van der Waals surface area contributed by atoms with Gasteiger partial charge < -0.3 is 24.1 Å². The fourth-order valence-electron chi connectivity index (χ4n) is 2.24. The van der Waals surface area contributed by atoms with E-state index in [0.717, 1.165) is 5.56 Å². The number of benzene rings is 1. The van der Waals surface area contributed by atoms with Crippen LogP contribution in [-0.4, -0.2) is 42.5 Å². The molecule has 6 heteroatoms. The summed E-state index contributed by atoms with van der Waals surface area (Å²) in [5.41, 5.74) is 0.986. The molecule has 1 N–H and O–H groups in total. The summed E-state index contributed by atoms with van der Waals surface area (Å²) in [6.07, 6.45) is -3.28. The Bertz CT molecular complexity index is 448. The zero-order chi connectivity index (χ0) is 13.2. The number of aliphatic hydroxyl groups excluding tert-OH is 1. The van der Waals surface area contributed by atoms with Crippen molar-refractivity contribution in [2.45, 2.75) is 31.2 Å². The molecule has 102 valence electrons. The lowest BCUT2D eigenvalue weighted by Crippen LogP contribution is -2.31. The third-order valence-corrected chi connectivity index (χ3v) is 3.17. The fourth-order valence-corrected chi connectivity index (χ4v) is 2.24. The lowest BCUT2D eigenvalue weighted by Gasteiger charge is -2.16. The minimum atomic E-state index is -0.745. The van der Waals surface area contributed by atoms with Gasteiger partial charge in [0.15, 0.2) is 18.5 Å². The molecule has 0 aliphatic carbocycles. The molecule has 19 heavy (non-hydrogen) atoms. The van der Waals surface area contributed by atoms with Gasteiger partial charge >= 0.3 is 6.16 Å². The molecule has 2 aliphatic rings. The molecule has 1 aromatic carbocycles. The summed E-state index contributed by atoms with van der Waals surface area (Å²) in [5, 5.41) is 9.17. The number of hydrogen-bond donors (Lipinski definition) is 1. The van der Waals surface area contributed by atoms with Crippen LogP contribution < -0.4 is 0 Å². The molecule has 2 saturated heterocycles.